The fraction of sp³-hybridized carbons (Fsp3) is 0.167. The van der Waals surface area contributed by atoms with Crippen molar-refractivity contribution < 1.29 is 9.53 Å². The van der Waals surface area contributed by atoms with Crippen LogP contribution in [0.25, 0.3) is 0 Å². The van der Waals surface area contributed by atoms with E-state index in [9.17, 15) is 4.79 Å². The maximum atomic E-state index is 10.7. The lowest BCUT2D eigenvalue weighted by Crippen LogP contribution is -2.21. The summed E-state index contributed by atoms with van der Waals surface area (Å²) in [5.74, 6) is -0.135. The molecule has 9 heavy (non-hydrogen) atoms. The van der Waals surface area contributed by atoms with Crippen molar-refractivity contribution in [3.05, 3.63) is 25.1 Å². The highest BCUT2D eigenvalue weighted by Crippen LogP contribution is 2.00. The van der Waals surface area contributed by atoms with Gasteiger partial charge in [0.1, 0.15) is 6.26 Å². The summed E-state index contributed by atoms with van der Waals surface area (Å²) in [5.41, 5.74) is 0. The average molecular weight is 125 g/mol. The molecule has 0 fully saturated rings. The molecule has 3 nitrogen and oxygen atoms in total. The Morgan fingerprint density at radius 3 is 3.11 bits per heavy atom. The van der Waals surface area contributed by atoms with Gasteiger partial charge in [-0.3, -0.25) is 9.69 Å². The summed E-state index contributed by atoms with van der Waals surface area (Å²) in [6.07, 6.45) is 4.30. The Hall–Kier alpha value is -1.25. The zero-order chi connectivity index (χ0) is 6.69. The van der Waals surface area contributed by atoms with Crippen molar-refractivity contribution in [1.82, 2.24) is 4.90 Å². The minimum absolute atomic E-state index is 0.135. The van der Waals surface area contributed by atoms with Gasteiger partial charge in [0.05, 0.1) is 0 Å². The predicted molar refractivity (Wildman–Crippen MR) is 32.1 cm³/mol. The minimum Gasteiger partial charge on any atom is -0.479 e. The molecule has 1 aliphatic heterocycles. The molecule has 48 valence electrons. The van der Waals surface area contributed by atoms with E-state index < -0.39 is 0 Å². The molecule has 0 spiro atoms. The van der Waals surface area contributed by atoms with Crippen LogP contribution >= 0.6 is 0 Å². The maximum Gasteiger partial charge on any atom is 0.252 e. The minimum atomic E-state index is -0.135. The van der Waals surface area contributed by atoms with E-state index in [0.29, 0.717) is 6.73 Å². The van der Waals surface area contributed by atoms with Gasteiger partial charge in [-0.2, -0.15) is 0 Å². The van der Waals surface area contributed by atoms with E-state index in [1.165, 1.54) is 17.2 Å². The van der Waals surface area contributed by atoms with Crippen molar-refractivity contribution in [2.75, 3.05) is 6.73 Å². The molecule has 0 radical (unpaired) electrons. The van der Waals surface area contributed by atoms with E-state index in [4.69, 9.17) is 4.74 Å². The second kappa shape index (κ2) is 2.35. The molecule has 0 N–H and O–H groups in total. The summed E-state index contributed by atoms with van der Waals surface area (Å²) >= 11 is 0. The van der Waals surface area contributed by atoms with E-state index in [1.807, 2.05) is 0 Å². The summed E-state index contributed by atoms with van der Waals surface area (Å²) < 4.78 is 4.76. The number of carbonyl (C=O) groups is 1. The molecule has 0 aliphatic carbocycles. The number of nitrogens with zero attached hydrogens (tertiary/aromatic N) is 1. The highest BCUT2D eigenvalue weighted by atomic mass is 16.5. The van der Waals surface area contributed by atoms with Crippen LogP contribution in [-0.2, 0) is 9.53 Å². The predicted octanol–water partition coefficient (Wildman–Crippen LogP) is 0.460. The van der Waals surface area contributed by atoms with Crippen LogP contribution in [0.3, 0.4) is 0 Å². The summed E-state index contributed by atoms with van der Waals surface area (Å²) in [6, 6.07) is 0. The molecule has 3 heteroatoms. The highest BCUT2D eigenvalue weighted by Gasteiger charge is 2.09. The molecule has 0 aromatic carbocycles. The summed E-state index contributed by atoms with van der Waals surface area (Å²) in [7, 11) is 0. The van der Waals surface area contributed by atoms with Crippen LogP contribution in [0.15, 0.2) is 25.1 Å². The van der Waals surface area contributed by atoms with Crippen molar-refractivity contribution in [1.29, 1.82) is 0 Å². The first-order valence-corrected chi connectivity index (χ1v) is 2.56. The summed E-state index contributed by atoms with van der Waals surface area (Å²) in [4.78, 5) is 12.1. The second-order valence-corrected chi connectivity index (χ2v) is 1.59. The lowest BCUT2D eigenvalue weighted by Gasteiger charge is -2.06. The zero-order valence-electron chi connectivity index (χ0n) is 4.91. The fourth-order valence-corrected chi connectivity index (χ4v) is 0.537. The van der Waals surface area contributed by atoms with Gasteiger partial charge in [0, 0.05) is 6.20 Å². The van der Waals surface area contributed by atoms with Gasteiger partial charge in [0.2, 0.25) is 0 Å². The SMILES string of the molecule is C=CC(=O)N1C=COC1. The Morgan fingerprint density at radius 2 is 2.67 bits per heavy atom. The summed E-state index contributed by atoms with van der Waals surface area (Å²) in [5, 5.41) is 0. The molecule has 0 aromatic heterocycles. The topological polar surface area (TPSA) is 29.5 Å². The van der Waals surface area contributed by atoms with Crippen LogP contribution in [-0.4, -0.2) is 17.5 Å². The standard InChI is InChI=1S/C6H7NO2/c1-2-6(8)7-3-4-9-5-7/h2-4H,1,5H2. The quantitative estimate of drug-likeness (QED) is 0.476. The normalized spacial score (nSPS) is 15.3. The molecule has 0 saturated heterocycles. The van der Waals surface area contributed by atoms with Crippen molar-refractivity contribution in [2.45, 2.75) is 0 Å². The molecule has 0 bridgehead atoms. The number of amides is 1. The van der Waals surface area contributed by atoms with Crippen LogP contribution in [0.5, 0.6) is 0 Å². The smallest absolute Gasteiger partial charge is 0.252 e. The second-order valence-electron chi connectivity index (χ2n) is 1.59. The molecule has 0 aromatic rings. The molecule has 0 saturated carbocycles. The van der Waals surface area contributed by atoms with E-state index in [-0.39, 0.29) is 5.91 Å². The van der Waals surface area contributed by atoms with E-state index >= 15 is 0 Å². The van der Waals surface area contributed by atoms with Crippen LogP contribution in [0.2, 0.25) is 0 Å². The van der Waals surface area contributed by atoms with E-state index in [0.717, 1.165) is 0 Å². The van der Waals surface area contributed by atoms with Gasteiger partial charge < -0.3 is 4.74 Å². The van der Waals surface area contributed by atoms with Gasteiger partial charge in [0.25, 0.3) is 5.91 Å². The first-order chi connectivity index (χ1) is 4.34. The van der Waals surface area contributed by atoms with Gasteiger partial charge in [-0.1, -0.05) is 6.58 Å². The number of rotatable bonds is 1. The first kappa shape index (κ1) is 5.88. The Balaban J connectivity index is 2.52. The molecule has 1 aliphatic rings. The Kier molecular flexibility index (Phi) is 1.53. The third-order valence-corrected chi connectivity index (χ3v) is 1.01. The monoisotopic (exact) mass is 125 g/mol. The van der Waals surface area contributed by atoms with Crippen LogP contribution in [0, 0.1) is 0 Å². The maximum absolute atomic E-state index is 10.7. The lowest BCUT2D eigenvalue weighted by atomic mass is 10.5. The number of carbonyl (C=O) groups excluding carboxylic acids is 1. The van der Waals surface area contributed by atoms with Gasteiger partial charge >= 0.3 is 0 Å². The van der Waals surface area contributed by atoms with Gasteiger partial charge in [-0.25, -0.2) is 0 Å². The molecule has 1 rings (SSSR count). The first-order valence-electron chi connectivity index (χ1n) is 2.56. The lowest BCUT2D eigenvalue weighted by molar-refractivity contribution is -0.125. The third-order valence-electron chi connectivity index (χ3n) is 1.01. The van der Waals surface area contributed by atoms with Gasteiger partial charge in [0.15, 0.2) is 6.73 Å². The largest absolute Gasteiger partial charge is 0.479 e. The van der Waals surface area contributed by atoms with Crippen LogP contribution < -0.4 is 0 Å². The number of hydrogen-bond acceptors (Lipinski definition) is 2. The molecule has 0 unspecified atom stereocenters. The Morgan fingerprint density at radius 1 is 1.89 bits per heavy atom. The molecular weight excluding hydrogens is 118 g/mol. The fourth-order valence-electron chi connectivity index (χ4n) is 0.537. The van der Waals surface area contributed by atoms with Crippen LogP contribution in [0.1, 0.15) is 0 Å². The molecule has 1 heterocycles. The Bertz CT molecular complexity index is 162. The van der Waals surface area contributed by atoms with E-state index in [1.54, 1.807) is 6.20 Å². The number of hydrogen-bond donors (Lipinski definition) is 0. The zero-order valence-corrected chi connectivity index (χ0v) is 4.91. The average Bonchev–Trinajstić information content (AvgIpc) is 2.37. The van der Waals surface area contributed by atoms with Crippen molar-refractivity contribution >= 4 is 5.91 Å². The highest BCUT2D eigenvalue weighted by molar-refractivity contribution is 5.87. The molecular formula is C6H7NO2. The number of ether oxygens (including phenoxy) is 1. The van der Waals surface area contributed by atoms with Gasteiger partial charge in [-0.05, 0) is 6.08 Å². The van der Waals surface area contributed by atoms with E-state index in [2.05, 4.69) is 6.58 Å². The van der Waals surface area contributed by atoms with Crippen molar-refractivity contribution in [3.63, 3.8) is 0 Å². The summed E-state index contributed by atoms with van der Waals surface area (Å²) in [6.45, 7) is 3.63. The van der Waals surface area contributed by atoms with Crippen molar-refractivity contribution in [3.8, 4) is 0 Å². The van der Waals surface area contributed by atoms with Crippen LogP contribution in [0.4, 0.5) is 0 Å². The molecule has 1 amide bonds. The molecule has 0 atom stereocenters. The van der Waals surface area contributed by atoms with Gasteiger partial charge in [-0.15, -0.1) is 0 Å². The Labute approximate surface area is 53.2 Å². The van der Waals surface area contributed by atoms with Crippen molar-refractivity contribution in [2.24, 2.45) is 0 Å². The third kappa shape index (κ3) is 1.10.